The van der Waals surface area contributed by atoms with Gasteiger partial charge in [-0.15, -0.1) is 0 Å². The highest BCUT2D eigenvalue weighted by atomic mass is 19.4. The molecule has 0 spiro atoms. The number of H-pyrrole nitrogens is 1. The first kappa shape index (κ1) is 15.4. The molecule has 8 heteroatoms. The van der Waals surface area contributed by atoms with E-state index in [0.29, 0.717) is 5.52 Å². The van der Waals surface area contributed by atoms with Crippen molar-refractivity contribution in [3.8, 4) is 0 Å². The molecule has 1 heterocycles. The van der Waals surface area contributed by atoms with Crippen LogP contribution in [0.4, 0.5) is 26.3 Å². The molecule has 0 saturated carbocycles. The van der Waals surface area contributed by atoms with Crippen LogP contribution in [0.15, 0.2) is 24.4 Å². The van der Waals surface area contributed by atoms with Gasteiger partial charge in [-0.2, -0.15) is 26.3 Å². The molecule has 0 fully saturated rings. The van der Waals surface area contributed by atoms with Gasteiger partial charge in [-0.1, -0.05) is 12.1 Å². The van der Waals surface area contributed by atoms with Crippen LogP contribution >= 0.6 is 0 Å². The number of Topliss-reactive ketones (excluding diaryl/α,β-unsaturated/α-hetero) is 1. The number of ketones is 1. The number of carbonyl (C=O) groups is 1. The number of aryl methyl sites for hydroxylation is 1. The third kappa shape index (κ3) is 2.88. The van der Waals surface area contributed by atoms with Crippen molar-refractivity contribution in [1.29, 1.82) is 0 Å². The van der Waals surface area contributed by atoms with Crippen LogP contribution in [-0.2, 0) is 0 Å². The Balaban J connectivity index is 2.54. The number of rotatable bonds is 2. The normalized spacial score (nSPS) is 13.1. The Kier molecular flexibility index (Phi) is 3.51. The van der Waals surface area contributed by atoms with Gasteiger partial charge in [0.15, 0.2) is 5.78 Å². The molecule has 1 aromatic heterocycles. The molecule has 2 nitrogen and oxygen atoms in total. The minimum absolute atomic E-state index is 0.0316. The molecule has 2 aromatic rings. The molecular formula is C13H9F6NO. The second-order valence-corrected chi connectivity index (χ2v) is 4.63. The fraction of sp³-hybridized carbons (Fsp3) is 0.308. The molecule has 0 unspecified atom stereocenters. The summed E-state index contributed by atoms with van der Waals surface area (Å²) < 4.78 is 75.4. The van der Waals surface area contributed by atoms with Gasteiger partial charge in [0, 0.05) is 22.7 Å². The third-order valence-electron chi connectivity index (χ3n) is 3.02. The summed E-state index contributed by atoms with van der Waals surface area (Å²) in [7, 11) is 0. The summed E-state index contributed by atoms with van der Waals surface area (Å²) in [6.45, 7) is 1.70. The zero-order chi connectivity index (χ0) is 16.0. The summed E-state index contributed by atoms with van der Waals surface area (Å²) in [6.07, 6.45) is -10.5. The van der Waals surface area contributed by atoms with Crippen molar-refractivity contribution >= 4 is 16.7 Å². The number of halogens is 6. The Hall–Kier alpha value is -1.99. The Bertz CT molecular complexity index is 668. The van der Waals surface area contributed by atoms with Crippen molar-refractivity contribution in [3.05, 3.63) is 35.5 Å². The maximum atomic E-state index is 12.6. The molecule has 0 radical (unpaired) electrons. The summed E-state index contributed by atoms with van der Waals surface area (Å²) >= 11 is 0. The number of aromatic nitrogens is 1. The number of aromatic amines is 1. The predicted molar refractivity (Wildman–Crippen MR) is 63.0 cm³/mol. The first-order valence-electron chi connectivity index (χ1n) is 5.77. The maximum absolute atomic E-state index is 12.6. The van der Waals surface area contributed by atoms with E-state index in [0.717, 1.165) is 11.8 Å². The molecule has 1 aromatic carbocycles. The van der Waals surface area contributed by atoms with Gasteiger partial charge in [-0.05, 0) is 18.6 Å². The van der Waals surface area contributed by atoms with Crippen LogP contribution in [0.2, 0.25) is 0 Å². The highest BCUT2D eigenvalue weighted by Gasteiger charge is 2.61. The van der Waals surface area contributed by atoms with Crippen LogP contribution in [0.1, 0.15) is 15.9 Å². The lowest BCUT2D eigenvalue weighted by molar-refractivity contribution is -0.264. The van der Waals surface area contributed by atoms with E-state index >= 15 is 0 Å². The minimum atomic E-state index is -5.69. The van der Waals surface area contributed by atoms with E-state index < -0.39 is 29.6 Å². The van der Waals surface area contributed by atoms with Crippen molar-refractivity contribution < 1.29 is 31.1 Å². The number of fused-ring (bicyclic) bond motifs is 1. The number of hydrogen-bond acceptors (Lipinski definition) is 1. The Morgan fingerprint density at radius 2 is 1.67 bits per heavy atom. The molecule has 1 N–H and O–H groups in total. The van der Waals surface area contributed by atoms with Crippen molar-refractivity contribution in [2.45, 2.75) is 19.3 Å². The molecule has 0 aliphatic heterocycles. The van der Waals surface area contributed by atoms with E-state index in [9.17, 15) is 31.1 Å². The summed E-state index contributed by atoms with van der Waals surface area (Å²) in [5, 5.41) is 0.0316. The van der Waals surface area contributed by atoms with Gasteiger partial charge in [0.2, 0.25) is 5.92 Å². The van der Waals surface area contributed by atoms with Gasteiger partial charge in [0.25, 0.3) is 0 Å². The van der Waals surface area contributed by atoms with Crippen molar-refractivity contribution in [3.63, 3.8) is 0 Å². The third-order valence-corrected chi connectivity index (χ3v) is 3.02. The van der Waals surface area contributed by atoms with Crippen LogP contribution in [-0.4, -0.2) is 23.1 Å². The van der Waals surface area contributed by atoms with Gasteiger partial charge in [-0.3, -0.25) is 4.79 Å². The quantitative estimate of drug-likeness (QED) is 0.647. The molecule has 114 valence electrons. The molecule has 0 saturated heterocycles. The summed E-state index contributed by atoms with van der Waals surface area (Å²) in [5.74, 6) is -6.03. The van der Waals surface area contributed by atoms with Gasteiger partial charge in [0.1, 0.15) is 0 Å². The smallest absolute Gasteiger partial charge is 0.360 e. The van der Waals surface area contributed by atoms with E-state index in [1.165, 1.54) is 18.2 Å². The number of carbonyl (C=O) groups excluding carboxylic acids is 1. The second kappa shape index (κ2) is 4.78. The number of nitrogens with one attached hydrogen (secondary N) is 1. The lowest BCUT2D eigenvalue weighted by Crippen LogP contribution is -2.42. The molecule has 0 atom stereocenters. The second-order valence-electron chi connectivity index (χ2n) is 4.63. The average molecular weight is 309 g/mol. The fourth-order valence-corrected chi connectivity index (χ4v) is 2.08. The largest absolute Gasteiger partial charge is 0.407 e. The van der Waals surface area contributed by atoms with Crippen molar-refractivity contribution in [2.24, 2.45) is 5.92 Å². The van der Waals surface area contributed by atoms with Crippen LogP contribution in [0.25, 0.3) is 10.9 Å². The maximum Gasteiger partial charge on any atom is 0.407 e. The van der Waals surface area contributed by atoms with E-state index in [2.05, 4.69) is 4.98 Å². The highest BCUT2D eigenvalue weighted by Crippen LogP contribution is 2.42. The van der Waals surface area contributed by atoms with Crippen LogP contribution in [0, 0.1) is 12.8 Å². The van der Waals surface area contributed by atoms with Gasteiger partial charge in [0.05, 0.1) is 0 Å². The monoisotopic (exact) mass is 309 g/mol. The van der Waals surface area contributed by atoms with E-state index in [-0.39, 0.29) is 5.39 Å². The average Bonchev–Trinajstić information content (AvgIpc) is 2.67. The molecule has 21 heavy (non-hydrogen) atoms. The topological polar surface area (TPSA) is 32.9 Å². The van der Waals surface area contributed by atoms with Crippen molar-refractivity contribution in [2.75, 3.05) is 0 Å². The Labute approximate surface area is 114 Å². The zero-order valence-electron chi connectivity index (χ0n) is 10.6. The van der Waals surface area contributed by atoms with Crippen LogP contribution in [0.5, 0.6) is 0 Å². The molecule has 0 bridgehead atoms. The Morgan fingerprint density at radius 3 is 2.19 bits per heavy atom. The van der Waals surface area contributed by atoms with E-state index in [4.69, 9.17) is 0 Å². The fourth-order valence-electron chi connectivity index (χ4n) is 2.08. The van der Waals surface area contributed by atoms with Crippen molar-refractivity contribution in [1.82, 2.24) is 4.98 Å². The van der Waals surface area contributed by atoms with Crippen LogP contribution < -0.4 is 0 Å². The highest BCUT2D eigenvalue weighted by molar-refractivity contribution is 6.09. The Morgan fingerprint density at radius 1 is 1.10 bits per heavy atom. The molecule has 0 amide bonds. The summed E-state index contributed by atoms with van der Waals surface area (Å²) in [4.78, 5) is 14.3. The van der Waals surface area contributed by atoms with Gasteiger partial charge >= 0.3 is 12.4 Å². The lowest BCUT2D eigenvalue weighted by Gasteiger charge is -2.21. The van der Waals surface area contributed by atoms with E-state index in [1.807, 2.05) is 0 Å². The van der Waals surface area contributed by atoms with Gasteiger partial charge in [-0.25, -0.2) is 0 Å². The van der Waals surface area contributed by atoms with Crippen LogP contribution in [0.3, 0.4) is 0 Å². The van der Waals surface area contributed by atoms with Gasteiger partial charge < -0.3 is 4.98 Å². The molecule has 2 rings (SSSR count). The summed E-state index contributed by atoms with van der Waals surface area (Å²) in [5.41, 5.74) is 0.442. The zero-order valence-corrected chi connectivity index (χ0v) is 10.6. The molecule has 0 aliphatic rings. The SMILES string of the molecule is Cc1ccc2c(C(=O)C(C(F)(F)F)C(F)(F)F)c[nH]c2c1. The standard InChI is InChI=1S/C13H9F6NO/c1-6-2-3-7-8(5-20-9(7)4-6)10(21)11(12(14,15)16)13(17,18)19/h2-5,11,20H,1H3. The molecule has 0 aliphatic carbocycles. The predicted octanol–water partition coefficient (Wildman–Crippen LogP) is 4.40. The first-order chi connectivity index (χ1) is 9.51. The first-order valence-corrected chi connectivity index (χ1v) is 5.77. The number of hydrogen-bond donors (Lipinski definition) is 1. The number of benzene rings is 1. The summed E-state index contributed by atoms with van der Waals surface area (Å²) in [6, 6.07) is 4.35. The minimum Gasteiger partial charge on any atom is -0.360 e. The molecular weight excluding hydrogens is 300 g/mol. The van der Waals surface area contributed by atoms with E-state index in [1.54, 1.807) is 6.92 Å². The lowest BCUT2D eigenvalue weighted by atomic mass is 9.96. The number of alkyl halides is 6.